The summed E-state index contributed by atoms with van der Waals surface area (Å²) in [6.07, 6.45) is 1.81. The van der Waals surface area contributed by atoms with Crippen molar-refractivity contribution < 1.29 is 9.53 Å². The molecule has 0 aliphatic carbocycles. The number of nitrogens with zero attached hydrogens (tertiary/aromatic N) is 1. The summed E-state index contributed by atoms with van der Waals surface area (Å²) in [5.74, 6) is 0. The molecule has 1 aliphatic heterocycles. The largest absolute Gasteiger partial charge is 0.382 e. The molecule has 0 unspecified atom stereocenters. The predicted octanol–water partition coefficient (Wildman–Crippen LogP) is 2.18. The molecular weight excluding hydrogens is 240 g/mol. The Labute approximate surface area is 114 Å². The fraction of sp³-hybridized carbons (Fsp3) is 0.533. The Morgan fingerprint density at radius 2 is 2.16 bits per heavy atom. The summed E-state index contributed by atoms with van der Waals surface area (Å²) in [6.45, 7) is 5.61. The van der Waals surface area contributed by atoms with Gasteiger partial charge in [-0.2, -0.15) is 0 Å². The van der Waals surface area contributed by atoms with Gasteiger partial charge in [-0.05, 0) is 30.9 Å². The number of carbonyl (C=O) groups excluding carboxylic acids is 1. The monoisotopic (exact) mass is 262 g/mol. The number of carbonyl (C=O) groups is 1. The van der Waals surface area contributed by atoms with Crippen molar-refractivity contribution in [3.63, 3.8) is 0 Å². The topological polar surface area (TPSA) is 41.6 Å². The van der Waals surface area contributed by atoms with Crippen LogP contribution in [0.5, 0.6) is 0 Å². The lowest BCUT2D eigenvalue weighted by atomic mass is 10.0. The van der Waals surface area contributed by atoms with Gasteiger partial charge in [0.15, 0.2) is 0 Å². The number of benzene rings is 1. The Bertz CT molecular complexity index is 420. The van der Waals surface area contributed by atoms with Crippen molar-refractivity contribution in [3.05, 3.63) is 35.4 Å². The van der Waals surface area contributed by atoms with Gasteiger partial charge in [-0.15, -0.1) is 0 Å². The summed E-state index contributed by atoms with van der Waals surface area (Å²) in [5.41, 5.74) is 2.63. The average molecular weight is 262 g/mol. The maximum atomic E-state index is 12.0. The minimum absolute atomic E-state index is 0.0333. The van der Waals surface area contributed by atoms with Crippen LogP contribution in [0.4, 0.5) is 4.79 Å². The summed E-state index contributed by atoms with van der Waals surface area (Å²) >= 11 is 0. The minimum Gasteiger partial charge on any atom is -0.382 e. The van der Waals surface area contributed by atoms with Gasteiger partial charge in [0.1, 0.15) is 0 Å². The van der Waals surface area contributed by atoms with Gasteiger partial charge in [-0.3, -0.25) is 0 Å². The number of urea groups is 1. The first-order valence-corrected chi connectivity index (χ1v) is 6.98. The standard InChI is InChI=1S/C15H22N2O2/c1-2-19-11-5-9-16-15(18)17-10-8-13-6-3-4-7-14(13)12-17/h3-4,6-7H,2,5,8-12H2,1H3,(H,16,18). The highest BCUT2D eigenvalue weighted by atomic mass is 16.5. The van der Waals surface area contributed by atoms with E-state index in [4.69, 9.17) is 4.74 Å². The van der Waals surface area contributed by atoms with Crippen molar-refractivity contribution in [1.82, 2.24) is 10.2 Å². The third-order valence-corrected chi connectivity index (χ3v) is 3.36. The molecular formula is C15H22N2O2. The number of fused-ring (bicyclic) bond motifs is 1. The van der Waals surface area contributed by atoms with E-state index in [-0.39, 0.29) is 6.03 Å². The molecule has 0 radical (unpaired) electrons. The molecule has 1 aromatic rings. The van der Waals surface area contributed by atoms with Crippen molar-refractivity contribution in [2.24, 2.45) is 0 Å². The lowest BCUT2D eigenvalue weighted by Gasteiger charge is -2.28. The van der Waals surface area contributed by atoms with E-state index in [1.165, 1.54) is 11.1 Å². The molecule has 2 rings (SSSR count). The van der Waals surface area contributed by atoms with Crippen molar-refractivity contribution in [1.29, 1.82) is 0 Å². The fourth-order valence-electron chi connectivity index (χ4n) is 2.29. The number of amides is 2. The van der Waals surface area contributed by atoms with E-state index in [1.54, 1.807) is 0 Å². The van der Waals surface area contributed by atoms with Crippen LogP contribution in [0.25, 0.3) is 0 Å². The molecule has 1 heterocycles. The van der Waals surface area contributed by atoms with Crippen LogP contribution in [0.15, 0.2) is 24.3 Å². The van der Waals surface area contributed by atoms with Crippen LogP contribution < -0.4 is 5.32 Å². The lowest BCUT2D eigenvalue weighted by Crippen LogP contribution is -2.43. The van der Waals surface area contributed by atoms with E-state index in [9.17, 15) is 4.79 Å². The van der Waals surface area contributed by atoms with Gasteiger partial charge >= 0.3 is 6.03 Å². The zero-order valence-electron chi connectivity index (χ0n) is 11.5. The van der Waals surface area contributed by atoms with Crippen LogP contribution >= 0.6 is 0 Å². The summed E-state index contributed by atoms with van der Waals surface area (Å²) < 4.78 is 5.24. The zero-order chi connectivity index (χ0) is 13.5. The Morgan fingerprint density at radius 3 is 2.95 bits per heavy atom. The maximum absolute atomic E-state index is 12.0. The number of nitrogens with one attached hydrogen (secondary N) is 1. The van der Waals surface area contributed by atoms with Crippen LogP contribution in [0.1, 0.15) is 24.5 Å². The molecule has 0 bridgehead atoms. The molecule has 1 N–H and O–H groups in total. The van der Waals surface area contributed by atoms with Crippen molar-refractivity contribution >= 4 is 6.03 Å². The first kappa shape index (κ1) is 13.9. The van der Waals surface area contributed by atoms with Crippen LogP contribution in [0.3, 0.4) is 0 Å². The Morgan fingerprint density at radius 1 is 1.37 bits per heavy atom. The number of hydrogen-bond acceptors (Lipinski definition) is 2. The van der Waals surface area contributed by atoms with E-state index in [0.717, 1.165) is 26.0 Å². The van der Waals surface area contributed by atoms with Crippen LogP contribution in [0.2, 0.25) is 0 Å². The van der Waals surface area contributed by atoms with Crippen LogP contribution in [-0.4, -0.2) is 37.2 Å². The highest BCUT2D eigenvalue weighted by molar-refractivity contribution is 5.74. The molecule has 1 aromatic carbocycles. The van der Waals surface area contributed by atoms with Crippen LogP contribution in [0, 0.1) is 0 Å². The summed E-state index contributed by atoms with van der Waals surface area (Å²) in [7, 11) is 0. The van der Waals surface area contributed by atoms with E-state index in [2.05, 4.69) is 23.5 Å². The molecule has 104 valence electrons. The quantitative estimate of drug-likeness (QED) is 0.826. The maximum Gasteiger partial charge on any atom is 0.317 e. The number of hydrogen-bond donors (Lipinski definition) is 1. The minimum atomic E-state index is 0.0333. The van der Waals surface area contributed by atoms with E-state index < -0.39 is 0 Å². The molecule has 0 spiro atoms. The second-order valence-corrected chi connectivity index (χ2v) is 4.72. The molecule has 0 saturated carbocycles. The van der Waals surface area contributed by atoms with Crippen molar-refractivity contribution in [3.8, 4) is 0 Å². The Hall–Kier alpha value is -1.55. The molecule has 4 nitrogen and oxygen atoms in total. The summed E-state index contributed by atoms with van der Waals surface area (Å²) in [5, 5.41) is 2.95. The Kier molecular flexibility index (Phi) is 5.21. The van der Waals surface area contributed by atoms with Gasteiger partial charge in [0.25, 0.3) is 0 Å². The van der Waals surface area contributed by atoms with Crippen LogP contribution in [-0.2, 0) is 17.7 Å². The molecule has 1 aliphatic rings. The zero-order valence-corrected chi connectivity index (χ0v) is 11.5. The Balaban J connectivity index is 1.76. The fourth-order valence-corrected chi connectivity index (χ4v) is 2.29. The van der Waals surface area contributed by atoms with Gasteiger partial charge in [-0.25, -0.2) is 4.79 Å². The number of rotatable bonds is 5. The SMILES string of the molecule is CCOCCCNC(=O)N1CCc2ccccc2C1. The van der Waals surface area contributed by atoms with Gasteiger partial charge < -0.3 is 15.0 Å². The average Bonchev–Trinajstić information content (AvgIpc) is 2.46. The van der Waals surface area contributed by atoms with Crippen molar-refractivity contribution in [2.45, 2.75) is 26.3 Å². The molecule has 2 amide bonds. The second kappa shape index (κ2) is 7.14. The third-order valence-electron chi connectivity index (χ3n) is 3.36. The van der Waals surface area contributed by atoms with E-state index in [0.29, 0.717) is 19.7 Å². The first-order chi connectivity index (χ1) is 9.31. The van der Waals surface area contributed by atoms with E-state index >= 15 is 0 Å². The van der Waals surface area contributed by atoms with Gasteiger partial charge in [-0.1, -0.05) is 24.3 Å². The third kappa shape index (κ3) is 3.96. The van der Waals surface area contributed by atoms with E-state index in [1.807, 2.05) is 17.9 Å². The van der Waals surface area contributed by atoms with Gasteiger partial charge in [0, 0.05) is 32.8 Å². The summed E-state index contributed by atoms with van der Waals surface area (Å²) in [6, 6.07) is 8.37. The smallest absolute Gasteiger partial charge is 0.317 e. The molecule has 0 fully saturated rings. The number of ether oxygens (including phenoxy) is 1. The van der Waals surface area contributed by atoms with Gasteiger partial charge in [0.05, 0.1) is 0 Å². The predicted molar refractivity (Wildman–Crippen MR) is 75.1 cm³/mol. The molecule has 0 aromatic heterocycles. The lowest BCUT2D eigenvalue weighted by molar-refractivity contribution is 0.143. The second-order valence-electron chi connectivity index (χ2n) is 4.72. The normalized spacial score (nSPS) is 14.1. The summed E-state index contributed by atoms with van der Waals surface area (Å²) in [4.78, 5) is 13.9. The highest BCUT2D eigenvalue weighted by Gasteiger charge is 2.19. The van der Waals surface area contributed by atoms with Crippen molar-refractivity contribution in [2.75, 3.05) is 26.3 Å². The molecule has 0 atom stereocenters. The molecule has 19 heavy (non-hydrogen) atoms. The first-order valence-electron chi connectivity index (χ1n) is 6.98. The molecule has 0 saturated heterocycles. The molecule has 4 heteroatoms. The highest BCUT2D eigenvalue weighted by Crippen LogP contribution is 2.18. The van der Waals surface area contributed by atoms with Gasteiger partial charge in [0.2, 0.25) is 0 Å².